The molecule has 118 valence electrons. The van der Waals surface area contributed by atoms with E-state index in [2.05, 4.69) is 28.9 Å². The molecule has 0 bridgehead atoms. The molecular weight excluding hydrogens is 282 g/mol. The van der Waals surface area contributed by atoms with Gasteiger partial charge >= 0.3 is 0 Å². The molecule has 3 rings (SSSR count). The topological polar surface area (TPSA) is 29.9 Å². The van der Waals surface area contributed by atoms with Crippen LogP contribution < -0.4 is 5.32 Å². The smallest absolute Gasteiger partial charge is 0.0849 e. The van der Waals surface area contributed by atoms with Crippen LogP contribution in [0.2, 0.25) is 5.02 Å². The van der Waals surface area contributed by atoms with Crippen LogP contribution in [-0.4, -0.2) is 22.4 Å². The first-order valence-electron chi connectivity index (χ1n) is 8.70. The van der Waals surface area contributed by atoms with Crippen molar-refractivity contribution in [3.63, 3.8) is 0 Å². The van der Waals surface area contributed by atoms with E-state index < -0.39 is 0 Å². The molecular formula is C17H28ClN3. The molecule has 3 nitrogen and oxygen atoms in total. The van der Waals surface area contributed by atoms with Gasteiger partial charge in [0.25, 0.3) is 0 Å². The molecule has 0 aromatic carbocycles. The number of nitrogens with one attached hydrogen (secondary N) is 1. The molecule has 4 heteroatoms. The van der Waals surface area contributed by atoms with Crippen molar-refractivity contribution in [2.75, 3.05) is 6.54 Å². The molecule has 2 fully saturated rings. The Labute approximate surface area is 133 Å². The fourth-order valence-corrected chi connectivity index (χ4v) is 4.06. The molecule has 1 heterocycles. The van der Waals surface area contributed by atoms with Crippen LogP contribution in [-0.2, 0) is 19.4 Å². The minimum absolute atomic E-state index is 0.778. The summed E-state index contributed by atoms with van der Waals surface area (Å²) in [6.07, 6.45) is 8.90. The third-order valence-electron chi connectivity index (χ3n) is 5.21. The van der Waals surface area contributed by atoms with Gasteiger partial charge in [0, 0.05) is 12.6 Å². The zero-order chi connectivity index (χ0) is 14.8. The first-order chi connectivity index (χ1) is 10.2. The van der Waals surface area contributed by atoms with Crippen molar-refractivity contribution >= 4 is 11.6 Å². The summed E-state index contributed by atoms with van der Waals surface area (Å²) in [6.45, 7) is 6.42. The van der Waals surface area contributed by atoms with E-state index in [0.717, 1.165) is 48.0 Å². The van der Waals surface area contributed by atoms with Crippen molar-refractivity contribution < 1.29 is 0 Å². The lowest BCUT2D eigenvalue weighted by atomic mass is 9.91. The number of aryl methyl sites for hydroxylation is 2. The van der Waals surface area contributed by atoms with Crippen LogP contribution in [0.5, 0.6) is 0 Å². The van der Waals surface area contributed by atoms with Gasteiger partial charge in [-0.3, -0.25) is 4.68 Å². The van der Waals surface area contributed by atoms with E-state index in [4.69, 9.17) is 11.6 Å². The second kappa shape index (κ2) is 6.70. The lowest BCUT2D eigenvalue weighted by molar-refractivity contribution is 0.356. The zero-order valence-electron chi connectivity index (χ0n) is 13.4. The molecule has 2 saturated carbocycles. The predicted octanol–water partition coefficient (Wildman–Crippen LogP) is 3.83. The number of hydrogen-bond acceptors (Lipinski definition) is 2. The van der Waals surface area contributed by atoms with Crippen molar-refractivity contribution in [1.82, 2.24) is 15.1 Å². The highest BCUT2D eigenvalue weighted by molar-refractivity contribution is 6.31. The van der Waals surface area contributed by atoms with E-state index >= 15 is 0 Å². The largest absolute Gasteiger partial charge is 0.314 e. The summed E-state index contributed by atoms with van der Waals surface area (Å²) in [7, 11) is 0. The Morgan fingerprint density at radius 2 is 1.95 bits per heavy atom. The predicted molar refractivity (Wildman–Crippen MR) is 87.8 cm³/mol. The molecule has 21 heavy (non-hydrogen) atoms. The first kappa shape index (κ1) is 15.4. The molecule has 2 aliphatic rings. The van der Waals surface area contributed by atoms with Crippen molar-refractivity contribution in [2.45, 2.75) is 71.4 Å². The Morgan fingerprint density at radius 1 is 1.19 bits per heavy atom. The van der Waals surface area contributed by atoms with Crippen LogP contribution in [0, 0.1) is 11.8 Å². The molecule has 0 aliphatic heterocycles. The van der Waals surface area contributed by atoms with Gasteiger partial charge in [-0.15, -0.1) is 0 Å². The number of rotatable bonds is 7. The van der Waals surface area contributed by atoms with E-state index in [-0.39, 0.29) is 0 Å². The maximum absolute atomic E-state index is 6.57. The third kappa shape index (κ3) is 3.45. The summed E-state index contributed by atoms with van der Waals surface area (Å²) >= 11 is 6.57. The minimum atomic E-state index is 0.778. The van der Waals surface area contributed by atoms with E-state index in [0.29, 0.717) is 0 Å². The summed E-state index contributed by atoms with van der Waals surface area (Å²) in [6, 6.07) is 0.822. The van der Waals surface area contributed by atoms with Gasteiger partial charge < -0.3 is 5.32 Å². The van der Waals surface area contributed by atoms with Crippen LogP contribution in [0.1, 0.15) is 57.3 Å². The van der Waals surface area contributed by atoms with Gasteiger partial charge in [-0.05, 0) is 63.8 Å². The highest BCUT2D eigenvalue weighted by Gasteiger charge is 2.31. The third-order valence-corrected chi connectivity index (χ3v) is 5.65. The molecule has 2 aliphatic carbocycles. The van der Waals surface area contributed by atoms with Gasteiger partial charge in [-0.1, -0.05) is 24.9 Å². The van der Waals surface area contributed by atoms with Crippen molar-refractivity contribution in [3.8, 4) is 0 Å². The minimum Gasteiger partial charge on any atom is -0.314 e. The van der Waals surface area contributed by atoms with Gasteiger partial charge in [0.2, 0.25) is 0 Å². The molecule has 2 atom stereocenters. The highest BCUT2D eigenvalue weighted by Crippen LogP contribution is 2.36. The lowest BCUT2D eigenvalue weighted by Crippen LogP contribution is -2.28. The Kier molecular flexibility index (Phi) is 4.90. The molecule has 0 saturated heterocycles. The second-order valence-electron chi connectivity index (χ2n) is 6.71. The zero-order valence-corrected chi connectivity index (χ0v) is 14.1. The molecule has 1 aromatic heterocycles. The maximum atomic E-state index is 6.57. The van der Waals surface area contributed by atoms with E-state index in [9.17, 15) is 0 Å². The molecule has 0 radical (unpaired) electrons. The molecule has 0 spiro atoms. The summed E-state index contributed by atoms with van der Waals surface area (Å²) in [5, 5.41) is 9.32. The Hall–Kier alpha value is -0.540. The number of aromatic nitrogens is 2. The molecule has 1 N–H and O–H groups in total. The molecule has 2 unspecified atom stereocenters. The van der Waals surface area contributed by atoms with Crippen LogP contribution >= 0.6 is 11.6 Å². The van der Waals surface area contributed by atoms with Crippen LogP contribution in [0.25, 0.3) is 0 Å². The fourth-order valence-electron chi connectivity index (χ4n) is 3.72. The first-order valence-corrected chi connectivity index (χ1v) is 9.08. The van der Waals surface area contributed by atoms with E-state index in [1.54, 1.807) is 0 Å². The van der Waals surface area contributed by atoms with Crippen LogP contribution in [0.15, 0.2) is 0 Å². The van der Waals surface area contributed by atoms with Crippen molar-refractivity contribution in [3.05, 3.63) is 16.4 Å². The monoisotopic (exact) mass is 309 g/mol. The van der Waals surface area contributed by atoms with Gasteiger partial charge in [-0.25, -0.2) is 0 Å². The average Bonchev–Trinajstić information content (AvgIpc) is 3.14. The van der Waals surface area contributed by atoms with Crippen molar-refractivity contribution in [1.29, 1.82) is 0 Å². The number of nitrogens with zero attached hydrogens (tertiary/aromatic N) is 2. The van der Waals surface area contributed by atoms with E-state index in [1.165, 1.54) is 44.3 Å². The van der Waals surface area contributed by atoms with Gasteiger partial charge in [0.05, 0.1) is 16.4 Å². The average molecular weight is 310 g/mol. The second-order valence-corrected chi connectivity index (χ2v) is 7.09. The van der Waals surface area contributed by atoms with Crippen LogP contribution in [0.3, 0.4) is 0 Å². The fraction of sp³-hybridized carbons (Fsp3) is 0.824. The Morgan fingerprint density at radius 3 is 2.62 bits per heavy atom. The van der Waals surface area contributed by atoms with E-state index in [1.807, 2.05) is 0 Å². The summed E-state index contributed by atoms with van der Waals surface area (Å²) in [5.41, 5.74) is 2.35. The Balaban J connectivity index is 1.67. The normalized spacial score (nSPS) is 25.7. The maximum Gasteiger partial charge on any atom is 0.0849 e. The van der Waals surface area contributed by atoms with Crippen molar-refractivity contribution in [2.24, 2.45) is 11.8 Å². The van der Waals surface area contributed by atoms with Crippen LogP contribution in [0.4, 0.5) is 0 Å². The molecule has 1 aromatic rings. The number of hydrogen-bond donors (Lipinski definition) is 1. The standard InChI is InChI=1S/C17H28ClN3/c1-3-15-17(18)16(21(4-2)20-15)10-12-6-5-7-13(12)11-19-14-8-9-14/h12-14,19H,3-11H2,1-2H3. The van der Waals surface area contributed by atoms with Gasteiger partial charge in [0.15, 0.2) is 0 Å². The quantitative estimate of drug-likeness (QED) is 0.829. The summed E-state index contributed by atoms with van der Waals surface area (Å²) in [5.74, 6) is 1.60. The summed E-state index contributed by atoms with van der Waals surface area (Å²) in [4.78, 5) is 0. The Bertz CT molecular complexity index is 479. The van der Waals surface area contributed by atoms with Gasteiger partial charge in [-0.2, -0.15) is 5.10 Å². The lowest BCUT2D eigenvalue weighted by Gasteiger charge is -2.20. The highest BCUT2D eigenvalue weighted by atomic mass is 35.5. The number of halogens is 1. The summed E-state index contributed by atoms with van der Waals surface area (Å²) < 4.78 is 2.13. The SMILES string of the molecule is CCc1nn(CC)c(CC2CCCC2CNC2CC2)c1Cl. The van der Waals surface area contributed by atoms with Gasteiger partial charge in [0.1, 0.15) is 0 Å². The molecule has 0 amide bonds.